The second-order valence-corrected chi connectivity index (χ2v) is 7.21. The molecule has 1 N–H and O–H groups in total. The fourth-order valence-electron chi connectivity index (χ4n) is 3.67. The second-order valence-electron chi connectivity index (χ2n) is 7.21. The first-order chi connectivity index (χ1) is 15.3. The van der Waals surface area contributed by atoms with Gasteiger partial charge in [0.25, 0.3) is 0 Å². The first-order valence-electron chi connectivity index (χ1n) is 10.2. The summed E-state index contributed by atoms with van der Waals surface area (Å²) in [5.74, 6) is 1.57. The molecule has 0 amide bonds. The maximum Gasteiger partial charge on any atom is 0.180 e. The van der Waals surface area contributed by atoms with Crippen LogP contribution in [0.4, 0.5) is 0 Å². The predicted molar refractivity (Wildman–Crippen MR) is 121 cm³/mol. The Morgan fingerprint density at radius 2 is 1.81 bits per heavy atom. The lowest BCUT2D eigenvalue weighted by Crippen LogP contribution is -2.03. The Labute approximate surface area is 179 Å². The highest BCUT2D eigenvalue weighted by Crippen LogP contribution is 2.30. The Hall–Kier alpha value is -4.13. The fraction of sp³-hybridized carbons (Fsp3) is 0.125. The molecule has 0 unspecified atom stereocenters. The third-order valence-corrected chi connectivity index (χ3v) is 5.17. The minimum atomic E-state index is 0.656. The van der Waals surface area contributed by atoms with Gasteiger partial charge in [-0.3, -0.25) is 0 Å². The summed E-state index contributed by atoms with van der Waals surface area (Å²) in [7, 11) is 0. The first-order valence-corrected chi connectivity index (χ1v) is 10.2. The van der Waals surface area contributed by atoms with Crippen molar-refractivity contribution in [1.82, 2.24) is 35.2 Å². The molecule has 0 aliphatic heterocycles. The van der Waals surface area contributed by atoms with E-state index in [2.05, 4.69) is 79.6 Å². The van der Waals surface area contributed by atoms with Gasteiger partial charge in [-0.05, 0) is 51.7 Å². The van der Waals surface area contributed by atoms with E-state index < -0.39 is 0 Å². The molecule has 0 aliphatic rings. The van der Waals surface area contributed by atoms with Crippen LogP contribution in [0.2, 0.25) is 0 Å². The SMILES string of the molecule is CCC=Cc1nc2cccnc2n1Cc1ccc(-c2ccccc2-c2nnn[nH]2)cc1. The van der Waals surface area contributed by atoms with Crippen molar-refractivity contribution in [2.24, 2.45) is 0 Å². The number of pyridine rings is 1. The lowest BCUT2D eigenvalue weighted by molar-refractivity contribution is 0.803. The maximum atomic E-state index is 4.74. The third kappa shape index (κ3) is 3.73. The van der Waals surface area contributed by atoms with Gasteiger partial charge in [-0.2, -0.15) is 0 Å². The maximum absolute atomic E-state index is 4.74. The number of aromatic nitrogens is 7. The number of hydrogen-bond donors (Lipinski definition) is 1. The van der Waals surface area contributed by atoms with Gasteiger partial charge < -0.3 is 4.57 Å². The van der Waals surface area contributed by atoms with Crippen molar-refractivity contribution in [1.29, 1.82) is 0 Å². The van der Waals surface area contributed by atoms with E-state index in [-0.39, 0.29) is 0 Å². The van der Waals surface area contributed by atoms with Gasteiger partial charge in [0.1, 0.15) is 11.3 Å². The number of fused-ring (bicyclic) bond motifs is 1. The van der Waals surface area contributed by atoms with Crippen LogP contribution in [0, 0.1) is 0 Å². The molecule has 5 aromatic rings. The average molecular weight is 407 g/mol. The zero-order valence-electron chi connectivity index (χ0n) is 17.1. The van der Waals surface area contributed by atoms with Crippen molar-refractivity contribution in [2.45, 2.75) is 19.9 Å². The van der Waals surface area contributed by atoms with E-state index in [9.17, 15) is 0 Å². The highest BCUT2D eigenvalue weighted by Gasteiger charge is 2.12. The molecule has 7 heteroatoms. The van der Waals surface area contributed by atoms with Crippen LogP contribution in [0.1, 0.15) is 24.7 Å². The summed E-state index contributed by atoms with van der Waals surface area (Å²) in [6.07, 6.45) is 6.96. The smallest absolute Gasteiger partial charge is 0.180 e. The molecule has 0 atom stereocenters. The number of nitrogens with one attached hydrogen (secondary N) is 1. The topological polar surface area (TPSA) is 85.2 Å². The predicted octanol–water partition coefficient (Wildman–Crippen LogP) is 4.75. The molecule has 0 saturated heterocycles. The molecule has 3 heterocycles. The monoisotopic (exact) mass is 407 g/mol. The molecule has 152 valence electrons. The van der Waals surface area contributed by atoms with E-state index >= 15 is 0 Å². The molecular weight excluding hydrogens is 386 g/mol. The van der Waals surface area contributed by atoms with E-state index in [1.54, 1.807) is 0 Å². The van der Waals surface area contributed by atoms with Crippen LogP contribution in [0.3, 0.4) is 0 Å². The molecule has 2 aromatic carbocycles. The Morgan fingerprint density at radius 1 is 0.968 bits per heavy atom. The van der Waals surface area contributed by atoms with Crippen LogP contribution in [0.25, 0.3) is 39.8 Å². The van der Waals surface area contributed by atoms with Gasteiger partial charge in [0, 0.05) is 11.8 Å². The van der Waals surface area contributed by atoms with Gasteiger partial charge in [0.2, 0.25) is 0 Å². The highest BCUT2D eigenvalue weighted by molar-refractivity contribution is 5.80. The van der Waals surface area contributed by atoms with Crippen molar-refractivity contribution in [2.75, 3.05) is 0 Å². The number of aromatic amines is 1. The van der Waals surface area contributed by atoms with E-state index in [0.29, 0.717) is 12.4 Å². The van der Waals surface area contributed by atoms with Gasteiger partial charge >= 0.3 is 0 Å². The van der Waals surface area contributed by atoms with Crippen molar-refractivity contribution in [3.63, 3.8) is 0 Å². The molecule has 31 heavy (non-hydrogen) atoms. The number of imidazole rings is 1. The van der Waals surface area contributed by atoms with Crippen LogP contribution in [0.5, 0.6) is 0 Å². The molecule has 7 nitrogen and oxygen atoms in total. The standard InChI is InChI=1S/C24H21N7/c1-2-3-10-22-26-21-9-6-15-25-24(21)31(22)16-17-11-13-18(14-12-17)19-7-4-5-8-20(19)23-27-29-30-28-23/h3-15H,2,16H2,1H3,(H,27,28,29,30). The quantitative estimate of drug-likeness (QED) is 0.439. The molecular formula is C24H21N7. The van der Waals surface area contributed by atoms with E-state index in [4.69, 9.17) is 4.98 Å². The number of nitrogens with zero attached hydrogens (tertiary/aromatic N) is 6. The minimum absolute atomic E-state index is 0.656. The number of tetrazole rings is 1. The molecule has 0 spiro atoms. The number of H-pyrrole nitrogens is 1. The summed E-state index contributed by atoms with van der Waals surface area (Å²) in [4.78, 5) is 9.30. The Morgan fingerprint density at radius 3 is 2.58 bits per heavy atom. The number of allylic oxidation sites excluding steroid dienone is 1. The zero-order valence-corrected chi connectivity index (χ0v) is 17.1. The van der Waals surface area contributed by atoms with Crippen molar-refractivity contribution in [3.8, 4) is 22.5 Å². The van der Waals surface area contributed by atoms with Crippen LogP contribution in [0.15, 0.2) is 72.9 Å². The normalized spacial score (nSPS) is 11.5. The van der Waals surface area contributed by atoms with Gasteiger partial charge in [-0.1, -0.05) is 61.5 Å². The number of hydrogen-bond acceptors (Lipinski definition) is 5. The lowest BCUT2D eigenvalue weighted by Gasteiger charge is -2.10. The van der Waals surface area contributed by atoms with Gasteiger partial charge in [0.05, 0.1) is 6.54 Å². The van der Waals surface area contributed by atoms with Crippen LogP contribution < -0.4 is 0 Å². The summed E-state index contributed by atoms with van der Waals surface area (Å²) in [5.41, 5.74) is 6.13. The summed E-state index contributed by atoms with van der Waals surface area (Å²) in [5, 5.41) is 14.3. The van der Waals surface area contributed by atoms with E-state index in [1.807, 2.05) is 36.5 Å². The van der Waals surface area contributed by atoms with Crippen molar-refractivity contribution < 1.29 is 0 Å². The van der Waals surface area contributed by atoms with E-state index in [1.165, 1.54) is 5.56 Å². The highest BCUT2D eigenvalue weighted by atomic mass is 15.5. The Kier molecular flexibility index (Phi) is 5.06. The molecule has 0 saturated carbocycles. The summed E-state index contributed by atoms with van der Waals surface area (Å²) >= 11 is 0. The van der Waals surface area contributed by atoms with Gasteiger partial charge in [0.15, 0.2) is 11.5 Å². The molecule has 5 rings (SSSR count). The summed E-state index contributed by atoms with van der Waals surface area (Å²) in [6.45, 7) is 2.82. The van der Waals surface area contributed by atoms with Crippen molar-refractivity contribution in [3.05, 3.63) is 84.3 Å². The van der Waals surface area contributed by atoms with Gasteiger partial charge in [-0.25, -0.2) is 15.1 Å². The number of rotatable bonds is 6. The fourth-order valence-corrected chi connectivity index (χ4v) is 3.67. The summed E-state index contributed by atoms with van der Waals surface area (Å²) in [6, 6.07) is 20.6. The van der Waals surface area contributed by atoms with Crippen LogP contribution in [-0.4, -0.2) is 35.2 Å². The van der Waals surface area contributed by atoms with Crippen molar-refractivity contribution >= 4 is 17.2 Å². The second kappa shape index (κ2) is 8.31. The number of benzene rings is 2. The van der Waals surface area contributed by atoms with E-state index in [0.717, 1.165) is 40.1 Å². The minimum Gasteiger partial charge on any atom is -0.305 e. The molecule has 3 aromatic heterocycles. The Balaban J connectivity index is 1.48. The molecule has 0 radical (unpaired) electrons. The first kappa shape index (κ1) is 18.9. The van der Waals surface area contributed by atoms with Gasteiger partial charge in [-0.15, -0.1) is 5.10 Å². The molecule has 0 fully saturated rings. The van der Waals surface area contributed by atoms with Crippen LogP contribution >= 0.6 is 0 Å². The summed E-state index contributed by atoms with van der Waals surface area (Å²) < 4.78 is 2.16. The largest absolute Gasteiger partial charge is 0.305 e. The molecule has 0 aliphatic carbocycles. The molecule has 0 bridgehead atoms. The Bertz CT molecular complexity index is 1330. The van der Waals surface area contributed by atoms with Crippen LogP contribution in [-0.2, 0) is 6.54 Å². The average Bonchev–Trinajstić information content (AvgIpc) is 3.47. The lowest BCUT2D eigenvalue weighted by atomic mass is 9.98. The zero-order chi connectivity index (χ0) is 21.0. The third-order valence-electron chi connectivity index (χ3n) is 5.17.